The highest BCUT2D eigenvalue weighted by atomic mass is 16.8. The molecule has 2 nitrogen and oxygen atoms in total. The maximum absolute atomic E-state index is 4.78. The van der Waals surface area contributed by atoms with Crippen molar-refractivity contribution in [3.05, 3.63) is 42.1 Å². The van der Waals surface area contributed by atoms with Crippen LogP contribution < -0.4 is 5.48 Å². The van der Waals surface area contributed by atoms with Crippen molar-refractivity contribution in [2.24, 2.45) is 0 Å². The molecule has 0 atom stereocenters. The molecule has 1 aliphatic heterocycles. The topological polar surface area (TPSA) is 34.5 Å². The zero-order chi connectivity index (χ0) is 6.81. The third kappa shape index (κ3) is 1.35. The average Bonchev–Trinajstić information content (AvgIpc) is 2.74. The molecule has 51 valence electrons. The molecule has 1 aliphatic rings. The Labute approximate surface area is 59.8 Å². The van der Waals surface area contributed by atoms with E-state index < -0.39 is 0 Å². The second kappa shape index (κ2) is 2.40. The normalized spacial score (nSPS) is 17.2. The van der Waals surface area contributed by atoms with Gasteiger partial charge in [0.05, 0.1) is 0 Å². The molecule has 1 radical (unpaired) electrons. The van der Waals surface area contributed by atoms with Gasteiger partial charge in [-0.25, -0.2) is 0 Å². The molecule has 10 heavy (non-hydrogen) atoms. The number of nitrogens with one attached hydrogen (secondary N) is 1. The molecular weight excluding hydrogens is 126 g/mol. The van der Waals surface area contributed by atoms with Gasteiger partial charge < -0.3 is 0 Å². The Morgan fingerprint density at radius 2 is 1.90 bits per heavy atom. The van der Waals surface area contributed by atoms with Crippen molar-refractivity contribution in [1.82, 2.24) is 5.48 Å². The minimum absolute atomic E-state index is 0.890. The molecule has 1 saturated heterocycles. The van der Waals surface area contributed by atoms with Gasteiger partial charge in [0, 0.05) is 6.42 Å². The van der Waals surface area contributed by atoms with E-state index in [1.165, 1.54) is 5.56 Å². The first kappa shape index (κ1) is 5.89. The van der Waals surface area contributed by atoms with Gasteiger partial charge in [0.25, 0.3) is 0 Å². The lowest BCUT2D eigenvalue weighted by atomic mass is 10.1. The van der Waals surface area contributed by atoms with Gasteiger partial charge >= 0.3 is 0 Å². The summed E-state index contributed by atoms with van der Waals surface area (Å²) >= 11 is 0. The van der Waals surface area contributed by atoms with E-state index in [9.17, 15) is 0 Å². The zero-order valence-electron chi connectivity index (χ0n) is 5.50. The van der Waals surface area contributed by atoms with E-state index in [-0.39, 0.29) is 0 Å². The molecule has 0 saturated carbocycles. The van der Waals surface area contributed by atoms with Crippen molar-refractivity contribution in [1.29, 1.82) is 0 Å². The Balaban J connectivity index is 2.03. The van der Waals surface area contributed by atoms with Crippen LogP contribution in [-0.2, 0) is 11.3 Å². The molecule has 1 aromatic rings. The third-order valence-electron chi connectivity index (χ3n) is 1.45. The van der Waals surface area contributed by atoms with Crippen molar-refractivity contribution >= 4 is 0 Å². The van der Waals surface area contributed by atoms with E-state index in [1.54, 1.807) is 0 Å². The molecule has 0 aliphatic carbocycles. The van der Waals surface area contributed by atoms with Crippen molar-refractivity contribution < 1.29 is 4.84 Å². The van der Waals surface area contributed by atoms with Gasteiger partial charge in [0.15, 0.2) is 0 Å². The van der Waals surface area contributed by atoms with Gasteiger partial charge in [-0.3, -0.25) is 4.84 Å². The molecular formula is C8H8NO. The quantitative estimate of drug-likeness (QED) is 0.618. The summed E-state index contributed by atoms with van der Waals surface area (Å²) in [6.45, 7) is 0. The Morgan fingerprint density at radius 3 is 2.50 bits per heavy atom. The summed E-state index contributed by atoms with van der Waals surface area (Å²) < 4.78 is 0. The summed E-state index contributed by atoms with van der Waals surface area (Å²) in [5.74, 6) is 0. The van der Waals surface area contributed by atoms with Crippen LogP contribution in [0.2, 0.25) is 0 Å². The maximum Gasteiger partial charge on any atom is 0.212 e. The third-order valence-corrected chi connectivity index (χ3v) is 1.45. The van der Waals surface area contributed by atoms with Crippen LogP contribution >= 0.6 is 0 Å². The number of rotatable bonds is 2. The summed E-state index contributed by atoms with van der Waals surface area (Å²) in [6, 6.07) is 10.2. The van der Waals surface area contributed by atoms with Gasteiger partial charge in [-0.1, -0.05) is 30.3 Å². The fraction of sp³-hybridized carbons (Fsp3) is 0.125. The molecule has 1 fully saturated rings. The first-order chi connectivity index (χ1) is 4.95. The fourth-order valence-corrected chi connectivity index (χ4v) is 0.890. The van der Waals surface area contributed by atoms with Gasteiger partial charge in [-0.05, 0) is 5.56 Å². The molecule has 0 aromatic heterocycles. The van der Waals surface area contributed by atoms with Crippen molar-refractivity contribution in [3.8, 4) is 0 Å². The van der Waals surface area contributed by atoms with Crippen LogP contribution in [0.1, 0.15) is 5.56 Å². The van der Waals surface area contributed by atoms with Crippen LogP contribution in [0, 0.1) is 6.23 Å². The van der Waals surface area contributed by atoms with Crippen molar-refractivity contribution in [3.63, 3.8) is 0 Å². The van der Waals surface area contributed by atoms with Crippen molar-refractivity contribution in [2.45, 2.75) is 6.42 Å². The van der Waals surface area contributed by atoms with E-state index in [4.69, 9.17) is 4.84 Å². The lowest BCUT2D eigenvalue weighted by molar-refractivity contribution is 0.407. The van der Waals surface area contributed by atoms with E-state index >= 15 is 0 Å². The number of benzene rings is 1. The lowest BCUT2D eigenvalue weighted by Gasteiger charge is -1.91. The Morgan fingerprint density at radius 1 is 1.20 bits per heavy atom. The smallest absolute Gasteiger partial charge is 0.212 e. The molecule has 1 heterocycles. The molecule has 0 bridgehead atoms. The Bertz CT molecular complexity index is 206. The number of hydrogen-bond donors (Lipinski definition) is 1. The Kier molecular flexibility index (Phi) is 1.42. The second-order valence-corrected chi connectivity index (χ2v) is 2.29. The Hall–Kier alpha value is -0.860. The van der Waals surface area contributed by atoms with Crippen LogP contribution in [0.3, 0.4) is 0 Å². The summed E-state index contributed by atoms with van der Waals surface area (Å²) in [5.41, 5.74) is 3.98. The van der Waals surface area contributed by atoms with Crippen LogP contribution in [0.5, 0.6) is 0 Å². The molecule has 0 amide bonds. The summed E-state index contributed by atoms with van der Waals surface area (Å²) in [4.78, 5) is 4.78. The fourth-order valence-electron chi connectivity index (χ4n) is 0.890. The van der Waals surface area contributed by atoms with Gasteiger partial charge in [-0.15, -0.1) is 0 Å². The SMILES string of the molecule is c1ccc(C[C]2NO2)cc1. The monoisotopic (exact) mass is 134 g/mol. The van der Waals surface area contributed by atoms with E-state index in [0.29, 0.717) is 0 Å². The largest absolute Gasteiger partial charge is 0.269 e. The summed E-state index contributed by atoms with van der Waals surface area (Å²) in [5, 5.41) is 0. The number of hydroxylamine groups is 1. The molecule has 2 rings (SSSR count). The van der Waals surface area contributed by atoms with Gasteiger partial charge in [0.2, 0.25) is 6.23 Å². The second-order valence-electron chi connectivity index (χ2n) is 2.29. The van der Waals surface area contributed by atoms with Crippen LogP contribution in [0.15, 0.2) is 30.3 Å². The van der Waals surface area contributed by atoms with E-state index in [0.717, 1.165) is 12.6 Å². The number of hydrogen-bond acceptors (Lipinski definition) is 2. The highest BCUT2D eigenvalue weighted by Crippen LogP contribution is 2.16. The molecule has 0 spiro atoms. The molecule has 0 unspecified atom stereocenters. The molecule has 2 heteroatoms. The van der Waals surface area contributed by atoms with Crippen LogP contribution in [-0.4, -0.2) is 0 Å². The van der Waals surface area contributed by atoms with Gasteiger partial charge in [-0.2, -0.15) is 5.48 Å². The average molecular weight is 134 g/mol. The minimum atomic E-state index is 0.890. The minimum Gasteiger partial charge on any atom is -0.269 e. The van der Waals surface area contributed by atoms with E-state index in [2.05, 4.69) is 17.6 Å². The highest BCUT2D eigenvalue weighted by molar-refractivity contribution is 5.18. The predicted molar refractivity (Wildman–Crippen MR) is 37.6 cm³/mol. The van der Waals surface area contributed by atoms with Gasteiger partial charge in [0.1, 0.15) is 0 Å². The van der Waals surface area contributed by atoms with Crippen molar-refractivity contribution in [2.75, 3.05) is 0 Å². The predicted octanol–water partition coefficient (Wildman–Crippen LogP) is 1.25. The van der Waals surface area contributed by atoms with Crippen LogP contribution in [0.25, 0.3) is 0 Å². The summed E-state index contributed by atoms with van der Waals surface area (Å²) in [6.07, 6.45) is 1.85. The zero-order valence-corrected chi connectivity index (χ0v) is 5.50. The lowest BCUT2D eigenvalue weighted by Crippen LogP contribution is -1.87. The first-order valence-corrected chi connectivity index (χ1v) is 3.28. The maximum atomic E-state index is 4.78. The molecule has 1 aromatic carbocycles. The molecule has 1 N–H and O–H groups in total. The standard InChI is InChI=1S/C8H8NO/c1-2-4-7(5-3-1)6-8-9-10-8/h1-5,9H,6H2. The summed E-state index contributed by atoms with van der Waals surface area (Å²) in [7, 11) is 0. The van der Waals surface area contributed by atoms with Crippen LogP contribution in [0.4, 0.5) is 0 Å². The highest BCUT2D eigenvalue weighted by Gasteiger charge is 2.23. The first-order valence-electron chi connectivity index (χ1n) is 3.28. The van der Waals surface area contributed by atoms with E-state index in [1.807, 2.05) is 18.2 Å².